The van der Waals surface area contributed by atoms with Crippen molar-refractivity contribution in [3.8, 4) is 0 Å². The van der Waals surface area contributed by atoms with Gasteiger partial charge < -0.3 is 5.73 Å². The molecule has 1 aromatic carbocycles. The number of rotatable bonds is 3. The molecule has 20 heavy (non-hydrogen) atoms. The number of nitrogens with one attached hydrogen (secondary N) is 1. The summed E-state index contributed by atoms with van der Waals surface area (Å²) in [4.78, 5) is 25.4. The summed E-state index contributed by atoms with van der Waals surface area (Å²) in [5.41, 5.74) is 8.31. The Hall–Kier alpha value is -1.72. The molecule has 5 nitrogen and oxygen atoms in total. The second kappa shape index (κ2) is 5.73. The van der Waals surface area contributed by atoms with Gasteiger partial charge in [0, 0.05) is 6.04 Å². The molecule has 1 heterocycles. The molecule has 1 aromatic rings. The van der Waals surface area contributed by atoms with Crippen LogP contribution >= 0.6 is 0 Å². The summed E-state index contributed by atoms with van der Waals surface area (Å²) >= 11 is 0. The molecule has 3 N–H and O–H groups in total. The summed E-state index contributed by atoms with van der Waals surface area (Å²) in [6.07, 6.45) is 0. The molecule has 2 amide bonds. The zero-order valence-corrected chi connectivity index (χ0v) is 12.1. The smallest absolute Gasteiger partial charge is 0.243 e. The maximum atomic E-state index is 11.8. The van der Waals surface area contributed by atoms with Crippen LogP contribution in [0.1, 0.15) is 31.0 Å². The quantitative estimate of drug-likeness (QED) is 0.797. The maximum Gasteiger partial charge on any atom is 0.243 e. The Balaban J connectivity index is 2.41. The minimum atomic E-state index is -0.372. The van der Waals surface area contributed by atoms with Crippen LogP contribution in [-0.4, -0.2) is 35.3 Å². The van der Waals surface area contributed by atoms with Gasteiger partial charge in [-0.1, -0.05) is 24.3 Å². The van der Waals surface area contributed by atoms with E-state index in [-0.39, 0.29) is 36.5 Å². The number of carbonyl (C=O) groups excluding carboxylic acids is 2. The van der Waals surface area contributed by atoms with E-state index in [4.69, 9.17) is 5.73 Å². The number of hydrogen-bond donors (Lipinski definition) is 2. The molecule has 0 radical (unpaired) electrons. The highest BCUT2D eigenvalue weighted by atomic mass is 16.2. The minimum Gasteiger partial charge on any atom is -0.326 e. The van der Waals surface area contributed by atoms with Crippen LogP contribution in [0.25, 0.3) is 0 Å². The molecule has 5 heteroatoms. The van der Waals surface area contributed by atoms with Gasteiger partial charge in [-0.15, -0.1) is 0 Å². The van der Waals surface area contributed by atoms with Crippen molar-refractivity contribution in [1.82, 2.24) is 10.2 Å². The van der Waals surface area contributed by atoms with E-state index in [0.29, 0.717) is 0 Å². The van der Waals surface area contributed by atoms with Crippen LogP contribution in [0.2, 0.25) is 0 Å². The fourth-order valence-electron chi connectivity index (χ4n) is 2.76. The van der Waals surface area contributed by atoms with Crippen molar-refractivity contribution in [3.05, 3.63) is 35.4 Å². The molecule has 3 atom stereocenters. The Kier molecular flexibility index (Phi) is 4.20. The van der Waals surface area contributed by atoms with E-state index in [9.17, 15) is 9.59 Å². The molecular weight excluding hydrogens is 254 g/mol. The molecule has 0 spiro atoms. The average Bonchev–Trinajstić information content (AvgIpc) is 2.37. The summed E-state index contributed by atoms with van der Waals surface area (Å²) < 4.78 is 0. The summed E-state index contributed by atoms with van der Waals surface area (Å²) in [5.74, 6) is -0.534. The van der Waals surface area contributed by atoms with Gasteiger partial charge in [0.1, 0.15) is 0 Å². The Morgan fingerprint density at radius 2 is 2.00 bits per heavy atom. The number of nitrogens with zero attached hydrogens (tertiary/aromatic N) is 1. The summed E-state index contributed by atoms with van der Waals surface area (Å²) in [5, 5.41) is 2.36. The molecule has 0 bridgehead atoms. The number of hydrogen-bond acceptors (Lipinski definition) is 4. The van der Waals surface area contributed by atoms with Crippen LogP contribution in [0.3, 0.4) is 0 Å². The van der Waals surface area contributed by atoms with Crippen LogP contribution in [0, 0.1) is 6.92 Å². The van der Waals surface area contributed by atoms with E-state index in [1.807, 2.05) is 43.0 Å². The predicted octanol–water partition coefficient (Wildman–Crippen LogP) is 0.730. The lowest BCUT2D eigenvalue weighted by molar-refractivity contribution is -0.141. The average molecular weight is 275 g/mol. The standard InChI is InChI=1S/C15H21N3O2/c1-9-6-4-5-7-12(9)14(10(2)16)18-8-13(19)17-15(20)11(18)3/h4-7,10-11,14H,8,16H2,1-3H3,(H,17,19,20). The molecule has 0 aliphatic carbocycles. The number of imide groups is 1. The van der Waals surface area contributed by atoms with Crippen molar-refractivity contribution in [2.45, 2.75) is 38.9 Å². The van der Waals surface area contributed by atoms with E-state index in [0.717, 1.165) is 11.1 Å². The zero-order chi connectivity index (χ0) is 14.9. The highest BCUT2D eigenvalue weighted by Crippen LogP contribution is 2.29. The van der Waals surface area contributed by atoms with Gasteiger partial charge in [0.2, 0.25) is 11.8 Å². The number of aryl methyl sites for hydroxylation is 1. The number of nitrogens with two attached hydrogens (primary N) is 1. The highest BCUT2D eigenvalue weighted by Gasteiger charge is 2.37. The molecule has 1 saturated heterocycles. The van der Waals surface area contributed by atoms with Crippen molar-refractivity contribution < 1.29 is 9.59 Å². The third-order valence-electron chi connectivity index (χ3n) is 3.83. The molecule has 1 fully saturated rings. The van der Waals surface area contributed by atoms with Gasteiger partial charge in [0.05, 0.1) is 18.6 Å². The van der Waals surface area contributed by atoms with Crippen LogP contribution in [0.4, 0.5) is 0 Å². The topological polar surface area (TPSA) is 75.4 Å². The first-order valence-electron chi connectivity index (χ1n) is 6.82. The van der Waals surface area contributed by atoms with Crippen molar-refractivity contribution in [1.29, 1.82) is 0 Å². The van der Waals surface area contributed by atoms with E-state index in [1.54, 1.807) is 6.92 Å². The van der Waals surface area contributed by atoms with Crippen LogP contribution in [0.5, 0.6) is 0 Å². The van der Waals surface area contributed by atoms with Gasteiger partial charge in [-0.25, -0.2) is 0 Å². The molecule has 0 saturated carbocycles. The molecule has 1 aliphatic heterocycles. The first-order chi connectivity index (χ1) is 9.41. The lowest BCUT2D eigenvalue weighted by Gasteiger charge is -2.40. The third-order valence-corrected chi connectivity index (χ3v) is 3.83. The number of piperazine rings is 1. The van der Waals surface area contributed by atoms with Gasteiger partial charge in [0.25, 0.3) is 0 Å². The third kappa shape index (κ3) is 2.73. The van der Waals surface area contributed by atoms with Crippen molar-refractivity contribution in [2.75, 3.05) is 6.54 Å². The number of benzene rings is 1. The molecule has 0 aromatic heterocycles. The summed E-state index contributed by atoms with van der Waals surface area (Å²) in [6, 6.07) is 7.23. The molecule has 2 rings (SSSR count). The molecular formula is C15H21N3O2. The molecule has 108 valence electrons. The number of carbonyl (C=O) groups is 2. The Morgan fingerprint density at radius 1 is 1.35 bits per heavy atom. The lowest BCUT2D eigenvalue weighted by Crippen LogP contribution is -2.59. The summed E-state index contributed by atoms with van der Waals surface area (Å²) in [7, 11) is 0. The van der Waals surface area contributed by atoms with Gasteiger partial charge >= 0.3 is 0 Å². The van der Waals surface area contributed by atoms with Crippen LogP contribution in [0.15, 0.2) is 24.3 Å². The SMILES string of the molecule is Cc1ccccc1C(C(C)N)N1CC(=O)NC(=O)C1C. The van der Waals surface area contributed by atoms with Gasteiger partial charge in [-0.2, -0.15) is 0 Å². The molecule has 1 aliphatic rings. The van der Waals surface area contributed by atoms with Gasteiger partial charge in [-0.05, 0) is 31.9 Å². The number of amides is 2. The van der Waals surface area contributed by atoms with Crippen LogP contribution < -0.4 is 11.1 Å². The van der Waals surface area contributed by atoms with Crippen molar-refractivity contribution in [3.63, 3.8) is 0 Å². The first-order valence-corrected chi connectivity index (χ1v) is 6.82. The zero-order valence-electron chi connectivity index (χ0n) is 12.1. The maximum absolute atomic E-state index is 11.8. The second-order valence-corrected chi connectivity index (χ2v) is 5.42. The molecule has 3 unspecified atom stereocenters. The van der Waals surface area contributed by atoms with Crippen molar-refractivity contribution >= 4 is 11.8 Å². The second-order valence-electron chi connectivity index (χ2n) is 5.42. The minimum absolute atomic E-state index is 0.152. The Labute approximate surface area is 119 Å². The lowest BCUT2D eigenvalue weighted by atomic mass is 9.93. The van der Waals surface area contributed by atoms with Gasteiger partial charge in [-0.3, -0.25) is 19.8 Å². The largest absolute Gasteiger partial charge is 0.326 e. The van der Waals surface area contributed by atoms with Crippen LogP contribution in [-0.2, 0) is 9.59 Å². The van der Waals surface area contributed by atoms with Crippen molar-refractivity contribution in [2.24, 2.45) is 5.73 Å². The summed E-state index contributed by atoms with van der Waals surface area (Å²) in [6.45, 7) is 5.91. The Bertz CT molecular complexity index is 528. The Morgan fingerprint density at radius 3 is 2.60 bits per heavy atom. The van der Waals surface area contributed by atoms with E-state index in [1.165, 1.54) is 0 Å². The van der Waals surface area contributed by atoms with E-state index >= 15 is 0 Å². The fraction of sp³-hybridized carbons (Fsp3) is 0.467. The van der Waals surface area contributed by atoms with Gasteiger partial charge in [0.15, 0.2) is 0 Å². The highest BCUT2D eigenvalue weighted by molar-refractivity contribution is 6.00. The normalized spacial score (nSPS) is 23.3. The van der Waals surface area contributed by atoms with E-state index < -0.39 is 0 Å². The van der Waals surface area contributed by atoms with E-state index in [2.05, 4.69) is 5.32 Å². The monoisotopic (exact) mass is 275 g/mol. The first kappa shape index (κ1) is 14.7. The fourth-order valence-corrected chi connectivity index (χ4v) is 2.76. The predicted molar refractivity (Wildman–Crippen MR) is 76.9 cm³/mol.